The fraction of sp³-hybridized carbons (Fsp3) is 0.300. The smallest absolute Gasteiger partial charge is 0.279 e. The molecule has 2 rings (SSSR count). The summed E-state index contributed by atoms with van der Waals surface area (Å²) in [5, 5.41) is 3.31. The van der Waals surface area contributed by atoms with Gasteiger partial charge in [0.05, 0.1) is 0 Å². The molecule has 0 spiro atoms. The molecule has 0 saturated heterocycles. The van der Waals surface area contributed by atoms with Crippen LogP contribution in [-0.4, -0.2) is 37.4 Å². The third-order valence-electron chi connectivity index (χ3n) is 3.75. The average molecular weight is 388 g/mol. The first kappa shape index (κ1) is 20.7. The highest BCUT2D eigenvalue weighted by atomic mass is 32.1. The third kappa shape index (κ3) is 7.24. The lowest BCUT2D eigenvalue weighted by molar-refractivity contribution is -0.127. The van der Waals surface area contributed by atoms with E-state index in [2.05, 4.69) is 16.2 Å². The standard InChI is InChI=1S/C20H25N3O3S/c1-15(19(24)22-23-20(27)21-13-6-14-25-2)26-18-11-9-17(10-12-18)16-7-4-3-5-8-16/h3-5,7-12,15H,6,13-14H2,1-2H3,(H,22,24)(H2,21,23,27). The molecule has 144 valence electrons. The zero-order valence-corrected chi connectivity index (χ0v) is 16.3. The maximum atomic E-state index is 12.1. The first-order valence-corrected chi connectivity index (χ1v) is 9.15. The van der Waals surface area contributed by atoms with Crippen LogP contribution in [0, 0.1) is 0 Å². The van der Waals surface area contributed by atoms with Gasteiger partial charge in [-0.3, -0.25) is 15.6 Å². The van der Waals surface area contributed by atoms with Gasteiger partial charge in [0.15, 0.2) is 11.2 Å². The summed E-state index contributed by atoms with van der Waals surface area (Å²) in [5.41, 5.74) is 7.41. The second-order valence-electron chi connectivity index (χ2n) is 5.87. The summed E-state index contributed by atoms with van der Waals surface area (Å²) in [6.07, 6.45) is 0.154. The molecule has 0 saturated carbocycles. The molecule has 27 heavy (non-hydrogen) atoms. The molecule has 0 bridgehead atoms. The van der Waals surface area contributed by atoms with Gasteiger partial charge in [-0.05, 0) is 48.8 Å². The van der Waals surface area contributed by atoms with Crippen LogP contribution in [0.5, 0.6) is 5.75 Å². The van der Waals surface area contributed by atoms with Crippen molar-refractivity contribution in [1.29, 1.82) is 0 Å². The lowest BCUT2D eigenvalue weighted by Crippen LogP contribution is -2.50. The molecule has 0 heterocycles. The Morgan fingerprint density at radius 1 is 1.04 bits per heavy atom. The quantitative estimate of drug-likeness (QED) is 0.367. The molecule has 1 atom stereocenters. The van der Waals surface area contributed by atoms with E-state index < -0.39 is 6.10 Å². The van der Waals surface area contributed by atoms with E-state index in [0.717, 1.165) is 17.5 Å². The maximum absolute atomic E-state index is 12.1. The van der Waals surface area contributed by atoms with Crippen molar-refractivity contribution in [1.82, 2.24) is 16.2 Å². The summed E-state index contributed by atoms with van der Waals surface area (Å²) in [4.78, 5) is 12.1. The number of carbonyl (C=O) groups is 1. The van der Waals surface area contributed by atoms with E-state index in [9.17, 15) is 4.79 Å². The van der Waals surface area contributed by atoms with Crippen molar-refractivity contribution in [2.45, 2.75) is 19.4 Å². The van der Waals surface area contributed by atoms with Crippen LogP contribution in [0.2, 0.25) is 0 Å². The minimum atomic E-state index is -0.670. The fourth-order valence-corrected chi connectivity index (χ4v) is 2.45. The maximum Gasteiger partial charge on any atom is 0.279 e. The molecule has 2 aromatic rings. The molecule has 0 aliphatic carbocycles. The molecule has 3 N–H and O–H groups in total. The van der Waals surface area contributed by atoms with Crippen LogP contribution in [-0.2, 0) is 9.53 Å². The van der Waals surface area contributed by atoms with Gasteiger partial charge in [0.1, 0.15) is 5.75 Å². The van der Waals surface area contributed by atoms with E-state index in [1.165, 1.54) is 0 Å². The van der Waals surface area contributed by atoms with Crippen molar-refractivity contribution in [2.75, 3.05) is 20.3 Å². The third-order valence-corrected chi connectivity index (χ3v) is 4.00. The van der Waals surface area contributed by atoms with Crippen LogP contribution < -0.4 is 20.9 Å². The predicted molar refractivity (Wildman–Crippen MR) is 110 cm³/mol. The Morgan fingerprint density at radius 2 is 1.70 bits per heavy atom. The summed E-state index contributed by atoms with van der Waals surface area (Å²) < 4.78 is 10.6. The first-order valence-electron chi connectivity index (χ1n) is 8.75. The van der Waals surface area contributed by atoms with E-state index in [1.807, 2.05) is 54.6 Å². The van der Waals surface area contributed by atoms with Gasteiger partial charge in [-0.25, -0.2) is 0 Å². The predicted octanol–water partition coefficient (Wildman–Crippen LogP) is 2.65. The Kier molecular flexibility index (Phi) is 8.54. The highest BCUT2D eigenvalue weighted by Gasteiger charge is 2.14. The molecule has 0 aliphatic rings. The fourth-order valence-electron chi connectivity index (χ4n) is 2.30. The molecule has 0 aliphatic heterocycles. The number of hydrazine groups is 1. The lowest BCUT2D eigenvalue weighted by atomic mass is 10.1. The Morgan fingerprint density at radius 3 is 2.37 bits per heavy atom. The second-order valence-corrected chi connectivity index (χ2v) is 6.28. The van der Waals surface area contributed by atoms with Crippen molar-refractivity contribution < 1.29 is 14.3 Å². The van der Waals surface area contributed by atoms with Crippen LogP contribution >= 0.6 is 12.2 Å². The van der Waals surface area contributed by atoms with Crippen LogP contribution in [0.4, 0.5) is 0 Å². The molecule has 0 radical (unpaired) electrons. The highest BCUT2D eigenvalue weighted by molar-refractivity contribution is 7.80. The van der Waals surface area contributed by atoms with E-state index in [1.54, 1.807) is 14.0 Å². The number of benzene rings is 2. The second kappa shape index (κ2) is 11.2. The topological polar surface area (TPSA) is 71.6 Å². The van der Waals surface area contributed by atoms with E-state index in [-0.39, 0.29) is 5.91 Å². The Balaban J connectivity index is 1.76. The Hall–Kier alpha value is -2.64. The monoisotopic (exact) mass is 387 g/mol. The number of hydrogen-bond donors (Lipinski definition) is 3. The molecule has 0 fully saturated rings. The minimum absolute atomic E-state index is 0.317. The number of carbonyl (C=O) groups excluding carboxylic acids is 1. The molecule has 2 aromatic carbocycles. The summed E-state index contributed by atoms with van der Waals surface area (Å²) in [6, 6.07) is 17.7. The zero-order chi connectivity index (χ0) is 19.5. The van der Waals surface area contributed by atoms with Gasteiger partial charge in [0.25, 0.3) is 5.91 Å². The summed E-state index contributed by atoms with van der Waals surface area (Å²) in [5.74, 6) is 0.306. The molecule has 0 aromatic heterocycles. The molecular formula is C20H25N3O3S. The highest BCUT2D eigenvalue weighted by Crippen LogP contribution is 2.22. The molecule has 1 amide bonds. The van der Waals surface area contributed by atoms with Gasteiger partial charge in [0.2, 0.25) is 0 Å². The average Bonchev–Trinajstić information content (AvgIpc) is 2.70. The number of thiocarbonyl (C=S) groups is 1. The van der Waals surface area contributed by atoms with Crippen LogP contribution in [0.25, 0.3) is 11.1 Å². The van der Waals surface area contributed by atoms with Crippen molar-refractivity contribution in [2.24, 2.45) is 0 Å². The van der Waals surface area contributed by atoms with Crippen LogP contribution in [0.3, 0.4) is 0 Å². The van der Waals surface area contributed by atoms with Crippen molar-refractivity contribution in [3.05, 3.63) is 54.6 Å². The van der Waals surface area contributed by atoms with Crippen molar-refractivity contribution >= 4 is 23.2 Å². The molecule has 7 heteroatoms. The van der Waals surface area contributed by atoms with Gasteiger partial charge in [-0.1, -0.05) is 42.5 Å². The number of ether oxygens (including phenoxy) is 2. The van der Waals surface area contributed by atoms with Crippen LogP contribution in [0.1, 0.15) is 13.3 Å². The van der Waals surface area contributed by atoms with Gasteiger partial charge in [-0.2, -0.15) is 0 Å². The number of amides is 1. The molecule has 1 unspecified atom stereocenters. The SMILES string of the molecule is COCCCNC(=S)NNC(=O)C(C)Oc1ccc(-c2ccccc2)cc1. The number of hydrogen-bond acceptors (Lipinski definition) is 4. The van der Waals surface area contributed by atoms with E-state index >= 15 is 0 Å². The van der Waals surface area contributed by atoms with Crippen LogP contribution in [0.15, 0.2) is 54.6 Å². The Labute approximate surface area is 165 Å². The van der Waals surface area contributed by atoms with E-state index in [0.29, 0.717) is 24.0 Å². The first-order chi connectivity index (χ1) is 13.1. The summed E-state index contributed by atoms with van der Waals surface area (Å²) >= 11 is 5.08. The zero-order valence-electron chi connectivity index (χ0n) is 15.5. The van der Waals surface area contributed by atoms with Gasteiger partial charge >= 0.3 is 0 Å². The van der Waals surface area contributed by atoms with Gasteiger partial charge in [-0.15, -0.1) is 0 Å². The van der Waals surface area contributed by atoms with E-state index in [4.69, 9.17) is 21.7 Å². The Bertz CT molecular complexity index is 723. The summed E-state index contributed by atoms with van der Waals surface area (Å²) in [7, 11) is 1.65. The number of nitrogens with one attached hydrogen (secondary N) is 3. The van der Waals surface area contributed by atoms with Gasteiger partial charge < -0.3 is 14.8 Å². The minimum Gasteiger partial charge on any atom is -0.481 e. The number of methoxy groups -OCH3 is 1. The van der Waals surface area contributed by atoms with Crippen molar-refractivity contribution in [3.63, 3.8) is 0 Å². The number of rotatable bonds is 8. The van der Waals surface area contributed by atoms with Gasteiger partial charge in [0, 0.05) is 20.3 Å². The lowest BCUT2D eigenvalue weighted by Gasteiger charge is -2.16. The van der Waals surface area contributed by atoms with Crippen molar-refractivity contribution in [3.8, 4) is 16.9 Å². The normalized spacial score (nSPS) is 11.3. The molecular weight excluding hydrogens is 362 g/mol. The molecule has 6 nitrogen and oxygen atoms in total. The summed E-state index contributed by atoms with van der Waals surface area (Å²) in [6.45, 7) is 2.99. The largest absolute Gasteiger partial charge is 0.481 e.